The summed E-state index contributed by atoms with van der Waals surface area (Å²) in [7, 11) is 0. The lowest BCUT2D eigenvalue weighted by molar-refractivity contribution is -0.124. The van der Waals surface area contributed by atoms with Gasteiger partial charge in [0.05, 0.1) is 0 Å². The second-order valence-corrected chi connectivity index (χ2v) is 6.96. The van der Waals surface area contributed by atoms with Crippen molar-refractivity contribution in [1.82, 2.24) is 0 Å². The van der Waals surface area contributed by atoms with Crippen LogP contribution >= 0.6 is 11.8 Å². The molecule has 0 amide bonds. The first kappa shape index (κ1) is 13.8. The van der Waals surface area contributed by atoms with Crippen LogP contribution < -0.4 is 0 Å². The van der Waals surface area contributed by atoms with Gasteiger partial charge in [0.15, 0.2) is 0 Å². The minimum atomic E-state index is -0.472. The largest absolute Gasteiger partial charge is 0.484 e. The van der Waals surface area contributed by atoms with Gasteiger partial charge >= 0.3 is 0 Å². The van der Waals surface area contributed by atoms with E-state index in [1.54, 1.807) is 12.1 Å². The second kappa shape index (κ2) is 4.81. The number of ketones is 3. The van der Waals surface area contributed by atoms with Gasteiger partial charge in [0.2, 0.25) is 11.6 Å². The van der Waals surface area contributed by atoms with Crippen LogP contribution in [0.2, 0.25) is 0 Å². The van der Waals surface area contributed by atoms with Gasteiger partial charge in [0.1, 0.15) is 22.0 Å². The van der Waals surface area contributed by atoms with Crippen LogP contribution in [0.1, 0.15) is 41.6 Å². The Balaban J connectivity index is 1.78. The Morgan fingerprint density at radius 2 is 1.64 bits per heavy atom. The van der Waals surface area contributed by atoms with Crippen LogP contribution in [0.15, 0.2) is 29.2 Å². The van der Waals surface area contributed by atoms with Gasteiger partial charge in [-0.3, -0.25) is 14.4 Å². The molecule has 3 aliphatic rings. The molecule has 2 aliphatic carbocycles. The van der Waals surface area contributed by atoms with Crippen molar-refractivity contribution in [2.75, 3.05) is 5.75 Å². The predicted octanol–water partition coefficient (Wildman–Crippen LogP) is 2.77. The maximum atomic E-state index is 12.3. The Morgan fingerprint density at radius 3 is 2.36 bits per heavy atom. The molecule has 0 atom stereocenters. The SMILES string of the molecule is O=C1CCC2(CC1)CSC1=C(O2)c2ccccc2C(=O)C1=O. The number of benzene rings is 1. The van der Waals surface area contributed by atoms with E-state index < -0.39 is 11.6 Å². The molecule has 22 heavy (non-hydrogen) atoms. The second-order valence-electron chi connectivity index (χ2n) is 5.97. The first-order valence-electron chi connectivity index (χ1n) is 7.36. The van der Waals surface area contributed by atoms with Crippen molar-refractivity contribution < 1.29 is 19.1 Å². The van der Waals surface area contributed by atoms with Gasteiger partial charge in [0, 0.05) is 29.7 Å². The highest BCUT2D eigenvalue weighted by Gasteiger charge is 2.45. The summed E-state index contributed by atoms with van der Waals surface area (Å²) in [6.07, 6.45) is 2.41. The molecular formula is C17H14O4S. The van der Waals surface area contributed by atoms with Crippen LogP contribution in [0, 0.1) is 0 Å². The zero-order valence-electron chi connectivity index (χ0n) is 11.9. The Bertz CT molecular complexity index is 737. The van der Waals surface area contributed by atoms with Crippen molar-refractivity contribution in [1.29, 1.82) is 0 Å². The third-order valence-corrected chi connectivity index (χ3v) is 5.88. The summed E-state index contributed by atoms with van der Waals surface area (Å²) in [5.74, 6) is 0.501. The van der Waals surface area contributed by atoms with Gasteiger partial charge in [-0.2, -0.15) is 0 Å². The van der Waals surface area contributed by atoms with Crippen LogP contribution in [-0.4, -0.2) is 28.7 Å². The molecule has 112 valence electrons. The Hall–Kier alpha value is -1.88. The molecule has 1 fully saturated rings. The summed E-state index contributed by atoms with van der Waals surface area (Å²) in [4.78, 5) is 36.4. The molecule has 1 saturated carbocycles. The zero-order valence-corrected chi connectivity index (χ0v) is 12.7. The third-order valence-electron chi connectivity index (χ3n) is 4.55. The molecule has 0 N–H and O–H groups in total. The first-order valence-corrected chi connectivity index (χ1v) is 8.34. The van der Waals surface area contributed by atoms with Crippen molar-refractivity contribution in [3.05, 3.63) is 40.3 Å². The first-order chi connectivity index (χ1) is 10.6. The van der Waals surface area contributed by atoms with Gasteiger partial charge in [-0.15, -0.1) is 11.8 Å². The van der Waals surface area contributed by atoms with Gasteiger partial charge in [-0.05, 0) is 12.8 Å². The third kappa shape index (κ3) is 1.96. The molecule has 1 heterocycles. The minimum absolute atomic E-state index is 0.273. The Kier molecular flexibility index (Phi) is 3.01. The Morgan fingerprint density at radius 1 is 0.955 bits per heavy atom. The molecular weight excluding hydrogens is 300 g/mol. The number of hydrogen-bond donors (Lipinski definition) is 0. The van der Waals surface area contributed by atoms with Crippen molar-refractivity contribution >= 4 is 34.9 Å². The number of allylic oxidation sites excluding steroid dienone is 1. The van der Waals surface area contributed by atoms with E-state index in [4.69, 9.17) is 4.74 Å². The van der Waals surface area contributed by atoms with E-state index >= 15 is 0 Å². The fourth-order valence-corrected chi connectivity index (χ4v) is 4.50. The number of rotatable bonds is 0. The lowest BCUT2D eigenvalue weighted by atomic mass is 9.84. The highest BCUT2D eigenvalue weighted by molar-refractivity contribution is 8.04. The molecule has 4 rings (SSSR count). The normalized spacial score (nSPS) is 23.2. The minimum Gasteiger partial charge on any atom is -0.484 e. The van der Waals surface area contributed by atoms with Gasteiger partial charge in [-0.25, -0.2) is 0 Å². The molecule has 1 aliphatic heterocycles. The number of thioether (sulfide) groups is 1. The number of fused-ring (bicyclic) bond motifs is 2. The van der Waals surface area contributed by atoms with Crippen LogP contribution in [-0.2, 0) is 14.3 Å². The molecule has 0 unspecified atom stereocenters. The number of hydrogen-bond acceptors (Lipinski definition) is 5. The van der Waals surface area contributed by atoms with Crippen molar-refractivity contribution in [2.45, 2.75) is 31.3 Å². The fraction of sp³-hybridized carbons (Fsp3) is 0.353. The lowest BCUT2D eigenvalue weighted by Crippen LogP contribution is -2.43. The van der Waals surface area contributed by atoms with E-state index in [1.807, 2.05) is 12.1 Å². The molecule has 4 nitrogen and oxygen atoms in total. The van der Waals surface area contributed by atoms with E-state index in [2.05, 4.69) is 0 Å². The summed E-state index contributed by atoms with van der Waals surface area (Å²) >= 11 is 1.40. The van der Waals surface area contributed by atoms with Gasteiger partial charge < -0.3 is 4.74 Å². The molecule has 5 heteroatoms. The predicted molar refractivity (Wildman–Crippen MR) is 82.4 cm³/mol. The molecule has 0 radical (unpaired) electrons. The average Bonchev–Trinajstić information content (AvgIpc) is 2.56. The van der Waals surface area contributed by atoms with E-state index in [1.165, 1.54) is 11.8 Å². The van der Waals surface area contributed by atoms with Crippen molar-refractivity contribution in [3.8, 4) is 0 Å². The van der Waals surface area contributed by atoms with Crippen LogP contribution in [0.4, 0.5) is 0 Å². The maximum absolute atomic E-state index is 12.3. The zero-order chi connectivity index (χ0) is 15.3. The maximum Gasteiger partial charge on any atom is 0.243 e. The number of carbonyl (C=O) groups excluding carboxylic acids is 3. The quantitative estimate of drug-likeness (QED) is 0.689. The molecule has 1 aromatic rings. The van der Waals surface area contributed by atoms with E-state index in [0.717, 1.165) is 0 Å². The summed E-state index contributed by atoms with van der Waals surface area (Å²) < 4.78 is 6.25. The van der Waals surface area contributed by atoms with Crippen molar-refractivity contribution in [2.24, 2.45) is 0 Å². The standard InChI is InChI=1S/C17H14O4S/c18-10-5-7-17(8-6-10)9-22-16-14(20)13(19)11-3-1-2-4-12(11)15(16)21-17/h1-4H,5-9H2. The smallest absolute Gasteiger partial charge is 0.243 e. The topological polar surface area (TPSA) is 60.4 Å². The highest BCUT2D eigenvalue weighted by Crippen LogP contribution is 2.48. The number of Topliss-reactive ketones (excluding diaryl/α,β-unsaturated/α-hetero) is 3. The molecule has 0 aromatic heterocycles. The average molecular weight is 314 g/mol. The fourth-order valence-electron chi connectivity index (χ4n) is 3.24. The summed E-state index contributed by atoms with van der Waals surface area (Å²) in [6, 6.07) is 7.08. The molecule has 1 spiro atoms. The summed E-state index contributed by atoms with van der Waals surface area (Å²) in [5.41, 5.74) is 0.729. The monoisotopic (exact) mass is 314 g/mol. The van der Waals surface area contributed by atoms with Crippen LogP contribution in [0.25, 0.3) is 5.76 Å². The highest BCUT2D eigenvalue weighted by atomic mass is 32.2. The number of carbonyl (C=O) groups is 3. The molecule has 1 aromatic carbocycles. The Labute approximate surface area is 131 Å². The van der Waals surface area contributed by atoms with E-state index in [9.17, 15) is 14.4 Å². The van der Waals surface area contributed by atoms with E-state index in [0.29, 0.717) is 53.2 Å². The number of ether oxygens (including phenoxy) is 1. The molecule has 0 saturated heterocycles. The summed E-state index contributed by atoms with van der Waals surface area (Å²) in [5, 5.41) is 0. The van der Waals surface area contributed by atoms with Gasteiger partial charge in [-0.1, -0.05) is 24.3 Å². The van der Waals surface area contributed by atoms with E-state index in [-0.39, 0.29) is 11.4 Å². The van der Waals surface area contributed by atoms with Gasteiger partial charge in [0.25, 0.3) is 0 Å². The molecule has 0 bridgehead atoms. The van der Waals surface area contributed by atoms with Crippen LogP contribution in [0.5, 0.6) is 0 Å². The van der Waals surface area contributed by atoms with Crippen molar-refractivity contribution in [3.63, 3.8) is 0 Å². The summed E-state index contributed by atoms with van der Waals surface area (Å²) in [6.45, 7) is 0. The van der Waals surface area contributed by atoms with Crippen LogP contribution in [0.3, 0.4) is 0 Å². The lowest BCUT2D eigenvalue weighted by Gasteiger charge is -2.42.